The van der Waals surface area contributed by atoms with Crippen LogP contribution in [0, 0.1) is 0 Å². The quantitative estimate of drug-likeness (QED) is 0.498. The highest BCUT2D eigenvalue weighted by molar-refractivity contribution is 6.74. The van der Waals surface area contributed by atoms with Crippen LogP contribution in [0.25, 0.3) is 0 Å². The van der Waals surface area contributed by atoms with Crippen LogP contribution in [-0.4, -0.2) is 24.4 Å². The molecule has 1 rings (SSSR count). The summed E-state index contributed by atoms with van der Waals surface area (Å²) in [5, 5.41) is 1.74. The molecule has 0 spiro atoms. The minimum atomic E-state index is -1.54. The highest BCUT2D eigenvalue weighted by Crippen LogP contribution is 2.36. The van der Waals surface area contributed by atoms with E-state index in [1.54, 1.807) is 0 Å². The van der Waals surface area contributed by atoms with Gasteiger partial charge in [-0.3, -0.25) is 0 Å². The second-order valence-electron chi connectivity index (χ2n) is 7.02. The lowest BCUT2D eigenvalue weighted by Gasteiger charge is -2.36. The van der Waals surface area contributed by atoms with Gasteiger partial charge in [0.2, 0.25) is 0 Å². The van der Waals surface area contributed by atoms with E-state index in [1.165, 1.54) is 24.4 Å². The second kappa shape index (κ2) is 8.71. The van der Waals surface area contributed by atoms with E-state index in [1.807, 2.05) is 0 Å². The summed E-state index contributed by atoms with van der Waals surface area (Å²) >= 11 is 0. The summed E-state index contributed by atoms with van der Waals surface area (Å²) in [6.45, 7) is 12.5. The molecule has 0 aliphatic heterocycles. The van der Waals surface area contributed by atoms with Gasteiger partial charge in [-0.15, -0.1) is 0 Å². The lowest BCUT2D eigenvalue weighted by atomic mass is 10.2. The van der Waals surface area contributed by atoms with Crippen LogP contribution in [0.4, 0.5) is 0 Å². The summed E-state index contributed by atoms with van der Waals surface area (Å²) in [5.41, 5.74) is 2.31. The Morgan fingerprint density at radius 2 is 1.76 bits per heavy atom. The van der Waals surface area contributed by atoms with Crippen LogP contribution in [0.15, 0.2) is 42.1 Å². The van der Waals surface area contributed by atoms with Crippen LogP contribution >= 0.6 is 0 Å². The zero-order valence-electron chi connectivity index (χ0n) is 14.3. The maximum absolute atomic E-state index is 6.19. The van der Waals surface area contributed by atoms with Crippen molar-refractivity contribution in [2.24, 2.45) is 0 Å². The minimum Gasteiger partial charge on any atom is -0.417 e. The van der Waals surface area contributed by atoms with Crippen LogP contribution in [0.5, 0.6) is 0 Å². The van der Waals surface area contributed by atoms with Crippen LogP contribution in [0.3, 0.4) is 0 Å². The number of hydrogen-bond donors (Lipinski definition) is 0. The van der Waals surface area contributed by atoms with Crippen molar-refractivity contribution in [3.63, 3.8) is 0 Å². The average molecular weight is 319 g/mol. The number of unbranched alkanes of at least 4 members (excludes halogenated alkanes) is 2. The third-order valence-corrected chi connectivity index (χ3v) is 9.78. The maximum Gasteiger partial charge on any atom is 0.191 e. The van der Waals surface area contributed by atoms with Gasteiger partial charge in [-0.25, -0.2) is 0 Å². The SMILES string of the molecule is CC(C)(C)[Si](C)(C)OCCCC/C=C/[Si]c1ccccc1. The Balaban J connectivity index is 2.10. The van der Waals surface area contributed by atoms with Crippen molar-refractivity contribution < 1.29 is 4.43 Å². The summed E-state index contributed by atoms with van der Waals surface area (Å²) in [6, 6.07) is 10.7. The van der Waals surface area contributed by atoms with Crippen molar-refractivity contribution in [2.75, 3.05) is 6.61 Å². The summed E-state index contributed by atoms with van der Waals surface area (Å²) in [4.78, 5) is 0. The zero-order chi connectivity index (χ0) is 15.8. The van der Waals surface area contributed by atoms with Crippen LogP contribution < -0.4 is 5.19 Å². The molecule has 0 saturated heterocycles. The third-order valence-electron chi connectivity index (χ3n) is 4.18. The summed E-state index contributed by atoms with van der Waals surface area (Å²) in [7, 11) is -0.746. The molecule has 0 unspecified atom stereocenters. The molecule has 116 valence electrons. The van der Waals surface area contributed by atoms with Crippen molar-refractivity contribution in [3.05, 3.63) is 42.1 Å². The first-order chi connectivity index (χ1) is 9.83. The molecule has 21 heavy (non-hydrogen) atoms. The molecule has 0 heterocycles. The van der Waals surface area contributed by atoms with Gasteiger partial charge in [0.25, 0.3) is 0 Å². The normalized spacial score (nSPS) is 13.0. The molecule has 0 fully saturated rings. The van der Waals surface area contributed by atoms with Crippen molar-refractivity contribution >= 4 is 23.0 Å². The van der Waals surface area contributed by atoms with Crippen LogP contribution in [0.1, 0.15) is 40.0 Å². The fourth-order valence-electron chi connectivity index (χ4n) is 1.68. The molecule has 1 aromatic carbocycles. The monoisotopic (exact) mass is 318 g/mol. The van der Waals surface area contributed by atoms with Crippen LogP contribution in [-0.2, 0) is 4.43 Å². The molecule has 1 nitrogen and oxygen atoms in total. The van der Waals surface area contributed by atoms with Crippen molar-refractivity contribution in [3.8, 4) is 0 Å². The second-order valence-corrected chi connectivity index (χ2v) is 13.0. The predicted octanol–water partition coefficient (Wildman–Crippen LogP) is 4.72. The number of benzene rings is 1. The van der Waals surface area contributed by atoms with Crippen molar-refractivity contribution in [1.82, 2.24) is 0 Å². The Hall–Kier alpha value is -0.646. The molecule has 0 saturated carbocycles. The first kappa shape index (κ1) is 18.4. The highest BCUT2D eigenvalue weighted by Gasteiger charge is 2.36. The smallest absolute Gasteiger partial charge is 0.191 e. The first-order valence-electron chi connectivity index (χ1n) is 7.93. The molecule has 0 aromatic heterocycles. The maximum atomic E-state index is 6.19. The van der Waals surface area contributed by atoms with Crippen molar-refractivity contribution in [2.45, 2.75) is 58.2 Å². The van der Waals surface area contributed by atoms with E-state index in [0.29, 0.717) is 5.04 Å². The van der Waals surface area contributed by atoms with Gasteiger partial charge >= 0.3 is 0 Å². The lowest BCUT2D eigenvalue weighted by Crippen LogP contribution is -2.40. The summed E-state index contributed by atoms with van der Waals surface area (Å²) in [6.07, 6.45) is 5.88. The predicted molar refractivity (Wildman–Crippen MR) is 98.0 cm³/mol. The molecule has 0 atom stereocenters. The average Bonchev–Trinajstić information content (AvgIpc) is 2.41. The van der Waals surface area contributed by atoms with Gasteiger partial charge in [0.1, 0.15) is 9.52 Å². The van der Waals surface area contributed by atoms with Gasteiger partial charge in [0.05, 0.1) is 0 Å². The molecule has 1 aromatic rings. The topological polar surface area (TPSA) is 9.23 Å². The van der Waals surface area contributed by atoms with Crippen LogP contribution in [0.2, 0.25) is 18.1 Å². The van der Waals surface area contributed by atoms with Crippen molar-refractivity contribution in [1.29, 1.82) is 0 Å². The molecule has 0 bridgehead atoms. The number of rotatable bonds is 8. The molecule has 3 heteroatoms. The Morgan fingerprint density at radius 3 is 2.38 bits per heavy atom. The molecule has 0 amide bonds. The zero-order valence-corrected chi connectivity index (χ0v) is 16.3. The molecule has 0 N–H and O–H groups in total. The summed E-state index contributed by atoms with van der Waals surface area (Å²) in [5.74, 6) is 0. The Kier molecular flexibility index (Phi) is 7.64. The Labute approximate surface area is 134 Å². The van der Waals surface area contributed by atoms with E-state index < -0.39 is 8.32 Å². The first-order valence-corrected chi connectivity index (χ1v) is 11.9. The van der Waals surface area contributed by atoms with E-state index in [2.05, 4.69) is 76.0 Å². The molecular weight excluding hydrogens is 288 g/mol. The number of allylic oxidation sites excluding steroid dienone is 1. The third kappa shape index (κ3) is 7.25. The standard InChI is InChI=1S/C18H30OSi2/c1-18(2,3)21(4,5)19-15-11-6-7-12-16-20-17-13-9-8-10-14-17/h8-10,12-14,16H,6-7,11,15H2,1-5H3/b16-12+. The molecule has 0 aliphatic carbocycles. The van der Waals surface area contributed by atoms with Gasteiger partial charge in [-0.2, -0.15) is 0 Å². The molecule has 0 aliphatic rings. The fraction of sp³-hybridized carbons (Fsp3) is 0.556. The Morgan fingerprint density at radius 1 is 1.10 bits per heavy atom. The van der Waals surface area contributed by atoms with E-state index in [9.17, 15) is 0 Å². The van der Waals surface area contributed by atoms with Gasteiger partial charge < -0.3 is 4.43 Å². The van der Waals surface area contributed by atoms with Gasteiger partial charge in [0, 0.05) is 6.61 Å². The minimum absolute atomic E-state index is 0.323. The van der Waals surface area contributed by atoms with E-state index in [0.717, 1.165) is 16.1 Å². The van der Waals surface area contributed by atoms with E-state index in [-0.39, 0.29) is 0 Å². The summed E-state index contributed by atoms with van der Waals surface area (Å²) < 4.78 is 6.19. The van der Waals surface area contributed by atoms with E-state index >= 15 is 0 Å². The highest BCUT2D eigenvalue weighted by atomic mass is 28.4. The van der Waals surface area contributed by atoms with E-state index in [4.69, 9.17) is 4.43 Å². The molecule has 2 radical (unpaired) electrons. The van der Waals surface area contributed by atoms with Gasteiger partial charge in [0.15, 0.2) is 8.32 Å². The number of hydrogen-bond acceptors (Lipinski definition) is 1. The fourth-order valence-corrected chi connectivity index (χ4v) is 3.63. The largest absolute Gasteiger partial charge is 0.417 e. The van der Waals surface area contributed by atoms with Gasteiger partial charge in [-0.1, -0.05) is 68.1 Å². The molecular formula is C18H30OSi2. The Bertz CT molecular complexity index is 419. The lowest BCUT2D eigenvalue weighted by molar-refractivity contribution is 0.279. The van der Waals surface area contributed by atoms with Gasteiger partial charge in [-0.05, 0) is 37.4 Å².